The van der Waals surface area contributed by atoms with E-state index in [4.69, 9.17) is 4.74 Å². The van der Waals surface area contributed by atoms with Gasteiger partial charge in [-0.05, 0) is 37.1 Å². The molecule has 0 bridgehead atoms. The summed E-state index contributed by atoms with van der Waals surface area (Å²) in [7, 11) is 1.46. The summed E-state index contributed by atoms with van der Waals surface area (Å²) in [6.07, 6.45) is 1.06. The van der Waals surface area contributed by atoms with Crippen LogP contribution in [0.5, 0.6) is 0 Å². The van der Waals surface area contributed by atoms with Gasteiger partial charge in [0.25, 0.3) is 5.91 Å². The van der Waals surface area contributed by atoms with E-state index in [0.29, 0.717) is 36.0 Å². The van der Waals surface area contributed by atoms with Gasteiger partial charge in [0.1, 0.15) is 16.9 Å². The van der Waals surface area contributed by atoms with E-state index < -0.39 is 11.4 Å². The lowest BCUT2D eigenvalue weighted by molar-refractivity contribution is -0.155. The number of halogens is 1. The topological polar surface area (TPSA) is 82.6 Å². The zero-order chi connectivity index (χ0) is 17.3. The third-order valence-electron chi connectivity index (χ3n) is 4.55. The maximum atomic E-state index is 13.3. The van der Waals surface area contributed by atoms with Gasteiger partial charge in [-0.25, -0.2) is 4.39 Å². The zero-order valence-corrected chi connectivity index (χ0v) is 13.3. The molecule has 0 aliphatic carbocycles. The highest BCUT2D eigenvalue weighted by Gasteiger charge is 2.44. The lowest BCUT2D eigenvalue weighted by Gasteiger charge is -2.39. The fourth-order valence-electron chi connectivity index (χ4n) is 3.32. The Morgan fingerprint density at radius 1 is 1.42 bits per heavy atom. The van der Waals surface area contributed by atoms with E-state index in [9.17, 15) is 19.1 Å². The molecule has 0 spiro atoms. The molecule has 6 nitrogen and oxygen atoms in total. The SMILES string of the molecule is COCC1(C(=O)O)CCCN(C(=O)c2cc3cc(F)ccc3[nH]2)C1. The van der Waals surface area contributed by atoms with Crippen LogP contribution < -0.4 is 0 Å². The predicted molar refractivity (Wildman–Crippen MR) is 85.3 cm³/mol. The highest BCUT2D eigenvalue weighted by molar-refractivity contribution is 5.98. The summed E-state index contributed by atoms with van der Waals surface area (Å²) in [6.45, 7) is 0.643. The smallest absolute Gasteiger partial charge is 0.313 e. The minimum Gasteiger partial charge on any atom is -0.481 e. The highest BCUT2D eigenvalue weighted by Crippen LogP contribution is 2.32. The Kier molecular flexibility index (Phi) is 4.28. The number of ether oxygens (including phenoxy) is 1. The summed E-state index contributed by atoms with van der Waals surface area (Å²) >= 11 is 0. The molecule has 1 atom stereocenters. The number of hydrogen-bond donors (Lipinski definition) is 2. The van der Waals surface area contributed by atoms with Crippen LogP contribution in [0.25, 0.3) is 10.9 Å². The number of methoxy groups -OCH3 is 1. The van der Waals surface area contributed by atoms with Crippen molar-refractivity contribution in [3.05, 3.63) is 35.8 Å². The third-order valence-corrected chi connectivity index (χ3v) is 4.55. The third kappa shape index (κ3) is 2.87. The number of nitrogens with one attached hydrogen (secondary N) is 1. The van der Waals surface area contributed by atoms with Crippen molar-refractivity contribution in [2.75, 3.05) is 26.8 Å². The molecule has 24 heavy (non-hydrogen) atoms. The molecule has 1 aliphatic heterocycles. The van der Waals surface area contributed by atoms with E-state index in [1.807, 2.05) is 0 Å². The molecule has 1 aromatic carbocycles. The standard InChI is InChI=1S/C17H19FN2O4/c1-24-10-17(16(22)23)5-2-6-20(9-17)15(21)14-8-11-7-12(18)3-4-13(11)19-14/h3-4,7-8,19H,2,5-6,9-10H2,1H3,(H,22,23). The molecule has 1 unspecified atom stereocenters. The van der Waals surface area contributed by atoms with E-state index in [1.54, 1.807) is 12.1 Å². The van der Waals surface area contributed by atoms with Gasteiger partial charge >= 0.3 is 5.97 Å². The average Bonchev–Trinajstić information content (AvgIpc) is 2.97. The van der Waals surface area contributed by atoms with E-state index in [-0.39, 0.29) is 24.9 Å². The van der Waals surface area contributed by atoms with Crippen molar-refractivity contribution in [3.8, 4) is 0 Å². The van der Waals surface area contributed by atoms with Gasteiger partial charge in [-0.3, -0.25) is 9.59 Å². The number of nitrogens with zero attached hydrogens (tertiary/aromatic N) is 1. The maximum absolute atomic E-state index is 13.3. The van der Waals surface area contributed by atoms with Gasteiger partial charge < -0.3 is 19.7 Å². The number of likely N-dealkylation sites (tertiary alicyclic amines) is 1. The van der Waals surface area contributed by atoms with Crippen LogP contribution in [0, 0.1) is 11.2 Å². The van der Waals surface area contributed by atoms with Gasteiger partial charge in [-0.2, -0.15) is 0 Å². The van der Waals surface area contributed by atoms with E-state index in [0.717, 1.165) is 0 Å². The van der Waals surface area contributed by atoms with Crippen molar-refractivity contribution in [1.29, 1.82) is 0 Å². The Morgan fingerprint density at radius 3 is 2.92 bits per heavy atom. The number of H-pyrrole nitrogens is 1. The van der Waals surface area contributed by atoms with Gasteiger partial charge in [0.15, 0.2) is 0 Å². The molecule has 7 heteroatoms. The second-order valence-corrected chi connectivity index (χ2v) is 6.26. The molecular weight excluding hydrogens is 315 g/mol. The quantitative estimate of drug-likeness (QED) is 0.898. The number of carboxylic acids is 1. The summed E-state index contributed by atoms with van der Waals surface area (Å²) in [6, 6.07) is 5.84. The average molecular weight is 334 g/mol. The first-order valence-electron chi connectivity index (χ1n) is 7.75. The Bertz CT molecular complexity index is 784. The first-order valence-corrected chi connectivity index (χ1v) is 7.75. The first kappa shape index (κ1) is 16.4. The molecule has 1 fully saturated rings. The maximum Gasteiger partial charge on any atom is 0.313 e. The molecule has 0 saturated carbocycles. The Morgan fingerprint density at radius 2 is 2.21 bits per heavy atom. The second kappa shape index (κ2) is 6.24. The fourth-order valence-corrected chi connectivity index (χ4v) is 3.32. The summed E-state index contributed by atoms with van der Waals surface area (Å²) in [5.74, 6) is -1.61. The molecule has 128 valence electrons. The van der Waals surface area contributed by atoms with Crippen LogP contribution in [0.2, 0.25) is 0 Å². The van der Waals surface area contributed by atoms with Crippen LogP contribution in [0.15, 0.2) is 24.3 Å². The molecule has 3 rings (SSSR count). The van der Waals surface area contributed by atoms with Crippen LogP contribution in [-0.2, 0) is 9.53 Å². The Hall–Kier alpha value is -2.41. The lowest BCUT2D eigenvalue weighted by Crippen LogP contribution is -2.52. The van der Waals surface area contributed by atoms with Gasteiger partial charge in [0.2, 0.25) is 0 Å². The largest absolute Gasteiger partial charge is 0.481 e. The molecule has 1 aliphatic rings. The number of benzene rings is 1. The summed E-state index contributed by atoms with van der Waals surface area (Å²) in [5.41, 5.74) is -0.0896. The van der Waals surface area contributed by atoms with Crippen LogP contribution >= 0.6 is 0 Å². The molecule has 2 N–H and O–H groups in total. The number of aromatic amines is 1. The summed E-state index contributed by atoms with van der Waals surface area (Å²) in [5, 5.41) is 10.2. The number of hydrogen-bond acceptors (Lipinski definition) is 3. The number of fused-ring (bicyclic) bond motifs is 1. The Balaban J connectivity index is 1.86. The highest BCUT2D eigenvalue weighted by atomic mass is 19.1. The number of rotatable bonds is 4. The second-order valence-electron chi connectivity index (χ2n) is 6.26. The molecule has 2 aromatic rings. The molecule has 1 amide bonds. The van der Waals surface area contributed by atoms with Crippen LogP contribution in [0.4, 0.5) is 4.39 Å². The van der Waals surface area contributed by atoms with Crippen molar-refractivity contribution in [3.63, 3.8) is 0 Å². The monoisotopic (exact) mass is 334 g/mol. The van der Waals surface area contributed by atoms with E-state index >= 15 is 0 Å². The molecule has 2 heterocycles. The fraction of sp³-hybridized carbons (Fsp3) is 0.412. The van der Waals surface area contributed by atoms with Crippen LogP contribution in [0.3, 0.4) is 0 Å². The lowest BCUT2D eigenvalue weighted by atomic mass is 9.80. The molecule has 1 aromatic heterocycles. The normalized spacial score (nSPS) is 21.2. The van der Waals surface area contributed by atoms with Crippen molar-refractivity contribution in [2.45, 2.75) is 12.8 Å². The number of aromatic nitrogens is 1. The number of carbonyl (C=O) groups is 2. The minimum atomic E-state index is -1.08. The van der Waals surface area contributed by atoms with Gasteiger partial charge in [0, 0.05) is 31.1 Å². The predicted octanol–water partition coefficient (Wildman–Crippen LogP) is 2.26. The zero-order valence-electron chi connectivity index (χ0n) is 13.3. The van der Waals surface area contributed by atoms with Crippen molar-refractivity contribution >= 4 is 22.8 Å². The van der Waals surface area contributed by atoms with Crippen LogP contribution in [-0.4, -0.2) is 53.7 Å². The van der Waals surface area contributed by atoms with Crippen molar-refractivity contribution in [1.82, 2.24) is 9.88 Å². The number of piperidine rings is 1. The number of aliphatic carboxylic acids is 1. The number of carboxylic acid groups (broad SMARTS) is 1. The number of amides is 1. The minimum absolute atomic E-state index is 0.0595. The summed E-state index contributed by atoms with van der Waals surface area (Å²) < 4.78 is 18.4. The van der Waals surface area contributed by atoms with E-state index in [2.05, 4.69) is 4.98 Å². The first-order chi connectivity index (χ1) is 11.4. The van der Waals surface area contributed by atoms with Gasteiger partial charge in [-0.15, -0.1) is 0 Å². The van der Waals surface area contributed by atoms with Crippen molar-refractivity contribution in [2.24, 2.45) is 5.41 Å². The molecule has 0 radical (unpaired) electrons. The van der Waals surface area contributed by atoms with Gasteiger partial charge in [0.05, 0.1) is 6.61 Å². The molecule has 1 saturated heterocycles. The van der Waals surface area contributed by atoms with E-state index in [1.165, 1.54) is 24.1 Å². The van der Waals surface area contributed by atoms with Crippen molar-refractivity contribution < 1.29 is 23.8 Å². The van der Waals surface area contributed by atoms with Gasteiger partial charge in [-0.1, -0.05) is 0 Å². The summed E-state index contributed by atoms with van der Waals surface area (Å²) in [4.78, 5) is 28.9. The number of carbonyl (C=O) groups excluding carboxylic acids is 1. The van der Waals surface area contributed by atoms with Crippen LogP contribution in [0.1, 0.15) is 23.3 Å². The Labute approximate surface area is 138 Å². The molecular formula is C17H19FN2O4.